The van der Waals surface area contributed by atoms with E-state index in [0.717, 1.165) is 6.33 Å². The lowest BCUT2D eigenvalue weighted by Crippen LogP contribution is -2.35. The van der Waals surface area contributed by atoms with Gasteiger partial charge in [0.15, 0.2) is 17.7 Å². The summed E-state index contributed by atoms with van der Waals surface area (Å²) in [7, 11) is -15.4. The lowest BCUT2D eigenvalue weighted by molar-refractivity contribution is -0.0526. The molecule has 2 aromatic rings. The molecule has 0 aliphatic carbocycles. The molecule has 1 saturated heterocycles. The molecule has 6 atom stereocenters. The Morgan fingerprint density at radius 3 is 2.44 bits per heavy atom. The summed E-state index contributed by atoms with van der Waals surface area (Å²) in [5.74, 6) is 0.0775. The number of anilines is 1. The SMILES string of the molecule is COC1[C@@H](COP(=O)(O)OP(=O)(O)OP(=O)(O)O)O[C@@H](n2cnc3c(N)ncnc32)[C@H]1O. The van der Waals surface area contributed by atoms with Crippen LogP contribution in [0.15, 0.2) is 12.7 Å². The second kappa shape index (κ2) is 9.12. The van der Waals surface area contributed by atoms with Crippen molar-refractivity contribution in [2.75, 3.05) is 19.5 Å². The number of phosphoric ester groups is 1. The van der Waals surface area contributed by atoms with Crippen molar-refractivity contribution in [2.45, 2.75) is 24.5 Å². The van der Waals surface area contributed by atoms with Crippen LogP contribution in [-0.4, -0.2) is 76.2 Å². The first kappa shape index (κ1) is 25.3. The number of hydrogen-bond donors (Lipinski definition) is 6. The number of fused-ring (bicyclic) bond motifs is 1. The highest BCUT2D eigenvalue weighted by Gasteiger charge is 2.47. The lowest BCUT2D eigenvalue weighted by atomic mass is 10.1. The number of nitrogen functional groups attached to an aromatic ring is 1. The molecule has 32 heavy (non-hydrogen) atoms. The van der Waals surface area contributed by atoms with Crippen molar-refractivity contribution in [3.05, 3.63) is 12.7 Å². The first-order valence-electron chi connectivity index (χ1n) is 8.31. The van der Waals surface area contributed by atoms with Gasteiger partial charge in [0.25, 0.3) is 0 Å². The molecule has 18 nitrogen and oxygen atoms in total. The highest BCUT2D eigenvalue weighted by atomic mass is 31.3. The van der Waals surface area contributed by atoms with E-state index in [1.165, 1.54) is 18.0 Å². The molecule has 0 aromatic carbocycles. The van der Waals surface area contributed by atoms with Crippen LogP contribution >= 0.6 is 23.5 Å². The summed E-state index contributed by atoms with van der Waals surface area (Å²) in [4.78, 5) is 47.7. The molecule has 1 aliphatic rings. The number of nitrogens with zero attached hydrogens (tertiary/aromatic N) is 4. The van der Waals surface area contributed by atoms with Gasteiger partial charge in [-0.05, 0) is 0 Å². The molecule has 0 saturated carbocycles. The third-order valence-corrected chi connectivity index (χ3v) is 7.86. The van der Waals surface area contributed by atoms with Crippen LogP contribution < -0.4 is 5.73 Å². The van der Waals surface area contributed by atoms with Crippen LogP contribution in [0.1, 0.15) is 6.23 Å². The van der Waals surface area contributed by atoms with E-state index in [9.17, 15) is 28.6 Å². The summed E-state index contributed by atoms with van der Waals surface area (Å²) >= 11 is 0. The zero-order chi connectivity index (χ0) is 23.9. The van der Waals surface area contributed by atoms with Crippen LogP contribution in [0.4, 0.5) is 5.82 Å². The molecule has 0 amide bonds. The van der Waals surface area contributed by atoms with Gasteiger partial charge in [-0.15, -0.1) is 0 Å². The number of imidazole rings is 1. The Balaban J connectivity index is 1.73. The number of phosphoric acid groups is 3. The molecule has 3 heterocycles. The monoisotopic (exact) mass is 521 g/mol. The number of aliphatic hydroxyl groups is 1. The molecular weight excluding hydrogens is 503 g/mol. The predicted molar refractivity (Wildman–Crippen MR) is 100 cm³/mol. The van der Waals surface area contributed by atoms with Crippen LogP contribution in [0.5, 0.6) is 0 Å². The fraction of sp³-hybridized carbons (Fsp3) is 0.545. The van der Waals surface area contributed by atoms with E-state index in [0.29, 0.717) is 0 Å². The van der Waals surface area contributed by atoms with E-state index in [4.69, 9.17) is 25.0 Å². The summed E-state index contributed by atoms with van der Waals surface area (Å²) < 4.78 is 57.9. The van der Waals surface area contributed by atoms with Crippen molar-refractivity contribution in [1.29, 1.82) is 0 Å². The topological polar surface area (TPSA) is 268 Å². The third-order valence-electron chi connectivity index (χ3n) is 4.06. The number of methoxy groups -OCH3 is 1. The summed E-state index contributed by atoms with van der Waals surface area (Å²) in [5, 5.41) is 10.6. The van der Waals surface area contributed by atoms with Gasteiger partial charge in [-0.1, -0.05) is 0 Å². The normalized spacial score (nSPS) is 27.9. The fourth-order valence-corrected chi connectivity index (χ4v) is 5.93. The number of aliphatic hydroxyl groups excluding tert-OH is 1. The first-order valence-corrected chi connectivity index (χ1v) is 12.8. The van der Waals surface area contributed by atoms with Gasteiger partial charge in [0.05, 0.1) is 12.9 Å². The fourth-order valence-electron chi connectivity index (χ4n) is 2.90. The van der Waals surface area contributed by atoms with Crippen molar-refractivity contribution in [3.8, 4) is 0 Å². The summed E-state index contributed by atoms with van der Waals surface area (Å²) in [6.45, 7) is -0.820. The maximum absolute atomic E-state index is 11.9. The zero-order valence-corrected chi connectivity index (χ0v) is 18.6. The Labute approximate surface area is 178 Å². The van der Waals surface area contributed by atoms with Gasteiger partial charge in [0.1, 0.15) is 30.2 Å². The summed E-state index contributed by atoms with van der Waals surface area (Å²) in [6, 6.07) is 0. The largest absolute Gasteiger partial charge is 0.490 e. The summed E-state index contributed by atoms with van der Waals surface area (Å²) in [6.07, 6.45) is -2.43. The summed E-state index contributed by atoms with van der Waals surface area (Å²) in [5.41, 5.74) is 6.16. The van der Waals surface area contributed by atoms with E-state index >= 15 is 0 Å². The van der Waals surface area contributed by atoms with Crippen molar-refractivity contribution < 1.29 is 61.0 Å². The minimum Gasteiger partial charge on any atom is -0.386 e. The van der Waals surface area contributed by atoms with Gasteiger partial charge < -0.3 is 39.9 Å². The Morgan fingerprint density at radius 2 is 1.81 bits per heavy atom. The van der Waals surface area contributed by atoms with Gasteiger partial charge in [-0.2, -0.15) is 8.62 Å². The van der Waals surface area contributed by atoms with Crippen molar-refractivity contribution in [3.63, 3.8) is 0 Å². The van der Waals surface area contributed by atoms with Crippen LogP contribution in [0.3, 0.4) is 0 Å². The molecule has 0 radical (unpaired) electrons. The minimum absolute atomic E-state index is 0.0775. The average molecular weight is 521 g/mol. The molecule has 2 aromatic heterocycles. The molecule has 3 rings (SSSR count). The highest BCUT2D eigenvalue weighted by molar-refractivity contribution is 7.66. The van der Waals surface area contributed by atoms with Crippen molar-refractivity contribution in [1.82, 2.24) is 19.5 Å². The van der Waals surface area contributed by atoms with Gasteiger partial charge in [-0.25, -0.2) is 28.6 Å². The van der Waals surface area contributed by atoms with E-state index < -0.39 is 54.6 Å². The number of aromatic nitrogens is 4. The van der Waals surface area contributed by atoms with Gasteiger partial charge in [0, 0.05) is 7.11 Å². The van der Waals surface area contributed by atoms with E-state index in [1.807, 2.05) is 0 Å². The first-order chi connectivity index (χ1) is 14.7. The molecule has 1 fully saturated rings. The predicted octanol–water partition coefficient (Wildman–Crippen LogP) is -0.975. The number of nitrogens with two attached hydrogens (primary N) is 1. The quantitative estimate of drug-likeness (QED) is 0.216. The zero-order valence-electron chi connectivity index (χ0n) is 15.9. The Kier molecular flexibility index (Phi) is 7.20. The van der Waals surface area contributed by atoms with E-state index in [2.05, 4.69) is 28.1 Å². The minimum atomic E-state index is -5.68. The van der Waals surface area contributed by atoms with Crippen LogP contribution in [0.25, 0.3) is 11.2 Å². The molecule has 3 unspecified atom stereocenters. The molecule has 1 aliphatic heterocycles. The van der Waals surface area contributed by atoms with Crippen molar-refractivity contribution >= 4 is 40.4 Å². The van der Waals surface area contributed by atoms with Gasteiger partial charge >= 0.3 is 23.5 Å². The smallest absolute Gasteiger partial charge is 0.386 e. The molecule has 21 heteroatoms. The van der Waals surface area contributed by atoms with Crippen LogP contribution in [0.2, 0.25) is 0 Å². The van der Waals surface area contributed by atoms with Gasteiger partial charge in [-0.3, -0.25) is 9.09 Å². The second-order valence-corrected chi connectivity index (χ2v) is 10.6. The van der Waals surface area contributed by atoms with E-state index in [-0.39, 0.29) is 17.0 Å². The Hall–Kier alpha value is -1.36. The Morgan fingerprint density at radius 1 is 1.12 bits per heavy atom. The molecule has 180 valence electrons. The molecule has 7 N–H and O–H groups in total. The number of hydrogen-bond acceptors (Lipinski definition) is 13. The maximum atomic E-state index is 11.9. The standard InChI is InChI=1S/C11H18N5O13P3/c1-25-8-5(2-26-31(21,22)29-32(23,24)28-30(18,19)20)27-11(7(8)17)16-4-15-6-9(12)13-3-14-10(6)16/h3-5,7-8,11,17H,2H2,1H3,(H,21,22)(H,23,24)(H2,12,13,14)(H2,18,19,20)/t5-,7+,8?,11-/m1/s1. The van der Waals surface area contributed by atoms with Crippen LogP contribution in [-0.2, 0) is 36.3 Å². The highest BCUT2D eigenvalue weighted by Crippen LogP contribution is 2.66. The van der Waals surface area contributed by atoms with Gasteiger partial charge in [0.2, 0.25) is 0 Å². The Bertz CT molecular complexity index is 1120. The van der Waals surface area contributed by atoms with E-state index in [1.54, 1.807) is 0 Å². The number of ether oxygens (including phenoxy) is 2. The average Bonchev–Trinajstić information content (AvgIpc) is 3.18. The number of rotatable bonds is 9. The molecule has 0 bridgehead atoms. The third kappa shape index (κ3) is 5.76. The maximum Gasteiger partial charge on any atom is 0.490 e. The second-order valence-electron chi connectivity index (χ2n) is 6.23. The molecule has 0 spiro atoms. The lowest BCUT2D eigenvalue weighted by Gasteiger charge is -2.20. The molecular formula is C11H18N5O13P3. The van der Waals surface area contributed by atoms with Crippen LogP contribution in [0, 0.1) is 0 Å². The van der Waals surface area contributed by atoms with Crippen molar-refractivity contribution in [2.24, 2.45) is 0 Å².